The number of para-hydroxylation sites is 1. The number of aryl methyl sites for hydroxylation is 1. The first-order valence-electron chi connectivity index (χ1n) is 10.5. The molecule has 0 unspecified atom stereocenters. The van der Waals surface area contributed by atoms with E-state index in [2.05, 4.69) is 10.6 Å². The van der Waals surface area contributed by atoms with Gasteiger partial charge in [-0.15, -0.1) is 0 Å². The van der Waals surface area contributed by atoms with Gasteiger partial charge in [0.2, 0.25) is 11.7 Å². The molecule has 0 saturated heterocycles. The van der Waals surface area contributed by atoms with Crippen molar-refractivity contribution >= 4 is 34.2 Å². The highest BCUT2D eigenvalue weighted by Crippen LogP contribution is 2.32. The normalized spacial score (nSPS) is 10.7. The Morgan fingerprint density at radius 2 is 1.59 bits per heavy atom. The largest absolute Gasteiger partial charge is 0.494 e. The molecule has 0 atom stereocenters. The Morgan fingerprint density at radius 1 is 0.875 bits per heavy atom. The molecule has 0 aliphatic heterocycles. The van der Waals surface area contributed by atoms with Crippen LogP contribution in [0.2, 0.25) is 0 Å². The van der Waals surface area contributed by atoms with E-state index >= 15 is 0 Å². The molecule has 0 aliphatic rings. The third-order valence-electron chi connectivity index (χ3n) is 4.97. The number of carbonyl (C=O) groups is 2. The van der Waals surface area contributed by atoms with E-state index in [1.54, 1.807) is 30.3 Å². The van der Waals surface area contributed by atoms with Gasteiger partial charge in [0.05, 0.1) is 6.61 Å². The number of amides is 2. The van der Waals surface area contributed by atoms with Gasteiger partial charge in [0.1, 0.15) is 17.0 Å². The molecule has 2 amide bonds. The Bertz CT molecular complexity index is 1210. The lowest BCUT2D eigenvalue weighted by Crippen LogP contribution is -2.17. The maximum Gasteiger partial charge on any atom is 0.293 e. The van der Waals surface area contributed by atoms with Crippen LogP contribution in [-0.4, -0.2) is 18.4 Å². The third kappa shape index (κ3) is 4.98. The second-order valence-electron chi connectivity index (χ2n) is 7.25. The minimum Gasteiger partial charge on any atom is -0.494 e. The molecule has 2 N–H and O–H groups in total. The molecule has 4 aromatic rings. The van der Waals surface area contributed by atoms with Gasteiger partial charge in [-0.1, -0.05) is 42.5 Å². The maximum atomic E-state index is 13.0. The highest BCUT2D eigenvalue weighted by molar-refractivity contribution is 6.14. The smallest absolute Gasteiger partial charge is 0.293 e. The minimum atomic E-state index is -0.441. The second kappa shape index (κ2) is 9.83. The SMILES string of the molecule is CCOc1ccc(NC(=O)c2oc3ccccc3c2NC(=O)CCc2ccccc2)cc1. The van der Waals surface area contributed by atoms with Crippen LogP contribution < -0.4 is 15.4 Å². The van der Waals surface area contributed by atoms with E-state index in [1.807, 2.05) is 55.5 Å². The Morgan fingerprint density at radius 3 is 2.34 bits per heavy atom. The number of carbonyl (C=O) groups excluding carboxylic acids is 2. The average Bonchev–Trinajstić information content (AvgIpc) is 3.18. The van der Waals surface area contributed by atoms with Crippen molar-refractivity contribution in [3.63, 3.8) is 0 Å². The standard InChI is InChI=1S/C26H24N2O4/c1-2-31-20-15-13-19(14-16-20)27-26(30)25-24(21-10-6-7-11-22(21)32-25)28-23(29)17-12-18-8-4-3-5-9-18/h3-11,13-16H,2,12,17H2,1H3,(H,27,30)(H,28,29). The summed E-state index contributed by atoms with van der Waals surface area (Å²) in [7, 11) is 0. The molecular weight excluding hydrogens is 404 g/mol. The number of hydrogen-bond donors (Lipinski definition) is 2. The number of fused-ring (bicyclic) bond motifs is 1. The summed E-state index contributed by atoms with van der Waals surface area (Å²) in [5, 5.41) is 6.38. The van der Waals surface area contributed by atoms with Crippen LogP contribution in [0.1, 0.15) is 29.5 Å². The highest BCUT2D eigenvalue weighted by atomic mass is 16.5. The number of anilines is 2. The molecule has 0 spiro atoms. The van der Waals surface area contributed by atoms with Crippen molar-refractivity contribution in [3.8, 4) is 5.75 Å². The average molecular weight is 428 g/mol. The lowest BCUT2D eigenvalue weighted by Gasteiger charge is -2.08. The topological polar surface area (TPSA) is 80.6 Å². The molecule has 4 rings (SSSR count). The first-order valence-corrected chi connectivity index (χ1v) is 10.5. The minimum absolute atomic E-state index is 0.0631. The van der Waals surface area contributed by atoms with E-state index in [4.69, 9.17) is 9.15 Å². The summed E-state index contributed by atoms with van der Waals surface area (Å²) in [5.74, 6) is 0.160. The second-order valence-corrected chi connectivity index (χ2v) is 7.25. The monoisotopic (exact) mass is 428 g/mol. The summed E-state index contributed by atoms with van der Waals surface area (Å²) in [4.78, 5) is 25.6. The van der Waals surface area contributed by atoms with Crippen molar-refractivity contribution in [1.29, 1.82) is 0 Å². The Labute approximate surface area is 186 Å². The predicted octanol–water partition coefficient (Wildman–Crippen LogP) is 5.66. The number of rotatable bonds is 8. The summed E-state index contributed by atoms with van der Waals surface area (Å²) in [6.45, 7) is 2.48. The molecule has 0 bridgehead atoms. The Balaban J connectivity index is 1.52. The Kier molecular flexibility index (Phi) is 6.51. The summed E-state index contributed by atoms with van der Waals surface area (Å²) in [5.41, 5.74) is 2.58. The van der Waals surface area contributed by atoms with E-state index in [1.165, 1.54) is 0 Å². The van der Waals surface area contributed by atoms with Gasteiger partial charge < -0.3 is 19.8 Å². The van der Waals surface area contributed by atoms with E-state index in [0.29, 0.717) is 41.8 Å². The van der Waals surface area contributed by atoms with E-state index in [0.717, 1.165) is 11.3 Å². The van der Waals surface area contributed by atoms with Crippen LogP contribution in [-0.2, 0) is 11.2 Å². The van der Waals surface area contributed by atoms with Gasteiger partial charge in [-0.3, -0.25) is 9.59 Å². The molecule has 0 aliphatic carbocycles. The molecule has 1 heterocycles. The van der Waals surface area contributed by atoms with Crippen LogP contribution in [0.3, 0.4) is 0 Å². The summed E-state index contributed by atoms with van der Waals surface area (Å²) >= 11 is 0. The summed E-state index contributed by atoms with van der Waals surface area (Å²) in [6.07, 6.45) is 0.902. The van der Waals surface area contributed by atoms with Crippen LogP contribution in [0.4, 0.5) is 11.4 Å². The van der Waals surface area contributed by atoms with Crippen molar-refractivity contribution in [2.75, 3.05) is 17.2 Å². The van der Waals surface area contributed by atoms with Crippen LogP contribution in [0.5, 0.6) is 5.75 Å². The van der Waals surface area contributed by atoms with Gasteiger partial charge in [-0.25, -0.2) is 0 Å². The molecule has 6 heteroatoms. The maximum absolute atomic E-state index is 13.0. The van der Waals surface area contributed by atoms with Gasteiger partial charge in [-0.2, -0.15) is 0 Å². The van der Waals surface area contributed by atoms with E-state index in [-0.39, 0.29) is 11.7 Å². The number of nitrogens with one attached hydrogen (secondary N) is 2. The first-order chi connectivity index (χ1) is 15.6. The van der Waals surface area contributed by atoms with Gasteiger partial charge in [0, 0.05) is 17.5 Å². The van der Waals surface area contributed by atoms with Gasteiger partial charge in [0.15, 0.2) is 0 Å². The quantitative estimate of drug-likeness (QED) is 0.380. The fourth-order valence-electron chi connectivity index (χ4n) is 3.42. The summed E-state index contributed by atoms with van der Waals surface area (Å²) in [6, 6.07) is 24.1. The van der Waals surface area contributed by atoms with Gasteiger partial charge >= 0.3 is 0 Å². The molecule has 0 fully saturated rings. The van der Waals surface area contributed by atoms with Crippen LogP contribution in [0.15, 0.2) is 83.3 Å². The van der Waals surface area contributed by atoms with Crippen LogP contribution in [0.25, 0.3) is 11.0 Å². The third-order valence-corrected chi connectivity index (χ3v) is 4.97. The molecule has 0 radical (unpaired) electrons. The Hall–Kier alpha value is -4.06. The van der Waals surface area contributed by atoms with Crippen LogP contribution >= 0.6 is 0 Å². The number of furan rings is 1. The number of benzene rings is 3. The van der Waals surface area contributed by atoms with Crippen molar-refractivity contribution in [2.45, 2.75) is 19.8 Å². The first kappa shape index (κ1) is 21.2. The number of ether oxygens (including phenoxy) is 1. The molecular formula is C26H24N2O4. The zero-order valence-corrected chi connectivity index (χ0v) is 17.8. The van der Waals surface area contributed by atoms with E-state index in [9.17, 15) is 9.59 Å². The van der Waals surface area contributed by atoms with Crippen molar-refractivity contribution in [1.82, 2.24) is 0 Å². The molecule has 6 nitrogen and oxygen atoms in total. The molecule has 162 valence electrons. The van der Waals surface area contributed by atoms with Crippen molar-refractivity contribution in [2.24, 2.45) is 0 Å². The molecule has 3 aromatic carbocycles. The summed E-state index contributed by atoms with van der Waals surface area (Å²) < 4.78 is 11.2. The predicted molar refractivity (Wildman–Crippen MR) is 125 cm³/mol. The molecule has 32 heavy (non-hydrogen) atoms. The number of hydrogen-bond acceptors (Lipinski definition) is 4. The van der Waals surface area contributed by atoms with Crippen LogP contribution in [0, 0.1) is 0 Å². The fraction of sp³-hybridized carbons (Fsp3) is 0.154. The lowest BCUT2D eigenvalue weighted by molar-refractivity contribution is -0.116. The van der Waals surface area contributed by atoms with E-state index < -0.39 is 5.91 Å². The molecule has 1 aromatic heterocycles. The molecule has 0 saturated carbocycles. The highest BCUT2D eigenvalue weighted by Gasteiger charge is 2.22. The lowest BCUT2D eigenvalue weighted by atomic mass is 10.1. The van der Waals surface area contributed by atoms with Crippen molar-refractivity contribution in [3.05, 3.63) is 90.2 Å². The van der Waals surface area contributed by atoms with Gasteiger partial charge in [-0.05, 0) is 55.3 Å². The van der Waals surface area contributed by atoms with Crippen molar-refractivity contribution < 1.29 is 18.7 Å². The van der Waals surface area contributed by atoms with Gasteiger partial charge in [0.25, 0.3) is 5.91 Å². The zero-order chi connectivity index (χ0) is 22.3. The zero-order valence-electron chi connectivity index (χ0n) is 17.8. The fourth-order valence-corrected chi connectivity index (χ4v) is 3.42.